The Labute approximate surface area is 220 Å². The smallest absolute Gasteiger partial charge is 0.295 e. The summed E-state index contributed by atoms with van der Waals surface area (Å²) in [5, 5.41) is 11.3. The number of benzene rings is 2. The summed E-state index contributed by atoms with van der Waals surface area (Å²) < 4.78 is 11.4. The van der Waals surface area contributed by atoms with Crippen LogP contribution in [-0.4, -0.2) is 66.0 Å². The number of amides is 1. The van der Waals surface area contributed by atoms with Crippen molar-refractivity contribution in [1.82, 2.24) is 9.80 Å². The molecule has 1 atom stereocenters. The van der Waals surface area contributed by atoms with Crippen molar-refractivity contribution in [3.8, 4) is 11.5 Å². The molecule has 0 radical (unpaired) electrons. The van der Waals surface area contributed by atoms with E-state index in [1.807, 2.05) is 38.1 Å². The fraction of sp³-hybridized carbons (Fsp3) is 0.467. The Morgan fingerprint density at radius 1 is 0.865 bits per heavy atom. The zero-order valence-electron chi connectivity index (χ0n) is 22.5. The molecule has 0 bridgehead atoms. The quantitative estimate of drug-likeness (QED) is 0.209. The molecule has 1 unspecified atom stereocenters. The third-order valence-electron chi connectivity index (χ3n) is 6.58. The van der Waals surface area contributed by atoms with Crippen LogP contribution in [0.3, 0.4) is 0 Å². The van der Waals surface area contributed by atoms with Crippen molar-refractivity contribution in [2.75, 3.05) is 39.4 Å². The predicted octanol–water partition coefficient (Wildman–Crippen LogP) is 5.42. The van der Waals surface area contributed by atoms with E-state index in [-0.39, 0.29) is 11.3 Å². The summed E-state index contributed by atoms with van der Waals surface area (Å²) in [6.07, 6.45) is 2.52. The van der Waals surface area contributed by atoms with E-state index in [4.69, 9.17) is 9.47 Å². The maximum absolute atomic E-state index is 13.3. The van der Waals surface area contributed by atoms with Crippen LogP contribution in [0.1, 0.15) is 64.1 Å². The molecule has 0 spiro atoms. The zero-order chi connectivity index (χ0) is 26.8. The van der Waals surface area contributed by atoms with Crippen LogP contribution >= 0.6 is 0 Å². The molecule has 1 saturated heterocycles. The van der Waals surface area contributed by atoms with Crippen LogP contribution in [0, 0.1) is 0 Å². The lowest BCUT2D eigenvalue weighted by Crippen LogP contribution is -2.33. The molecule has 3 rings (SSSR count). The molecule has 0 saturated carbocycles. The van der Waals surface area contributed by atoms with Crippen LogP contribution in [0.4, 0.5) is 0 Å². The molecule has 1 amide bonds. The maximum Gasteiger partial charge on any atom is 0.295 e. The van der Waals surface area contributed by atoms with Gasteiger partial charge in [-0.1, -0.05) is 39.8 Å². The lowest BCUT2D eigenvalue weighted by Gasteiger charge is -2.27. The average molecular weight is 509 g/mol. The minimum Gasteiger partial charge on any atom is -0.507 e. The Balaban J connectivity index is 1.97. The highest BCUT2D eigenvalue weighted by molar-refractivity contribution is 6.46. The normalized spacial score (nSPS) is 17.0. The summed E-state index contributed by atoms with van der Waals surface area (Å²) in [6, 6.07) is 13.7. The Kier molecular flexibility index (Phi) is 10.6. The molecule has 7 heteroatoms. The van der Waals surface area contributed by atoms with E-state index in [0.717, 1.165) is 50.2 Å². The number of nitrogens with zero attached hydrogens (tertiary/aromatic N) is 2. The molecule has 37 heavy (non-hydrogen) atoms. The van der Waals surface area contributed by atoms with Gasteiger partial charge in [0.2, 0.25) is 0 Å². The van der Waals surface area contributed by atoms with Gasteiger partial charge in [-0.15, -0.1) is 0 Å². The minimum atomic E-state index is -0.673. The second kappa shape index (κ2) is 13.8. The fourth-order valence-corrected chi connectivity index (χ4v) is 4.51. The second-order valence-corrected chi connectivity index (χ2v) is 9.16. The minimum absolute atomic E-state index is 0.109. The summed E-state index contributed by atoms with van der Waals surface area (Å²) in [5.74, 6) is -0.00701. The van der Waals surface area contributed by atoms with E-state index < -0.39 is 17.7 Å². The number of aliphatic hydroxyl groups excluding tert-OH is 1. The Morgan fingerprint density at radius 3 is 1.92 bits per heavy atom. The van der Waals surface area contributed by atoms with Gasteiger partial charge in [0.1, 0.15) is 17.3 Å². The van der Waals surface area contributed by atoms with Gasteiger partial charge in [0.05, 0.1) is 24.8 Å². The molecule has 2 aromatic carbocycles. The van der Waals surface area contributed by atoms with Crippen LogP contribution in [0.5, 0.6) is 11.5 Å². The lowest BCUT2D eigenvalue weighted by atomic mass is 9.95. The third-order valence-corrected chi connectivity index (χ3v) is 6.58. The van der Waals surface area contributed by atoms with Gasteiger partial charge in [-0.3, -0.25) is 9.59 Å². The second-order valence-electron chi connectivity index (χ2n) is 9.16. The summed E-state index contributed by atoms with van der Waals surface area (Å²) >= 11 is 0. The van der Waals surface area contributed by atoms with Gasteiger partial charge in [0, 0.05) is 12.1 Å². The van der Waals surface area contributed by atoms with Crippen molar-refractivity contribution in [3.63, 3.8) is 0 Å². The number of hydrogen-bond acceptors (Lipinski definition) is 6. The molecule has 0 aliphatic carbocycles. The largest absolute Gasteiger partial charge is 0.507 e. The standard InChI is InChI=1S/C30H40N2O5/c1-5-20-36-24-14-10-22(11-15-24)27-26(28(33)23-12-16-25(17-13-23)37-21-6-2)29(34)30(35)32(27)19-9-18-31(7-3)8-4/h10-17,27,33H,5-9,18-21H2,1-4H3/b28-26-. The molecule has 1 heterocycles. The molecule has 1 aliphatic heterocycles. The van der Waals surface area contributed by atoms with Gasteiger partial charge >= 0.3 is 0 Å². The number of ether oxygens (including phenoxy) is 2. The molecule has 7 nitrogen and oxygen atoms in total. The van der Waals surface area contributed by atoms with Crippen molar-refractivity contribution in [1.29, 1.82) is 0 Å². The van der Waals surface area contributed by atoms with E-state index in [9.17, 15) is 14.7 Å². The Bertz CT molecular complexity index is 1060. The van der Waals surface area contributed by atoms with Crippen LogP contribution < -0.4 is 9.47 Å². The van der Waals surface area contributed by atoms with Crippen molar-refractivity contribution >= 4 is 17.4 Å². The maximum atomic E-state index is 13.3. The van der Waals surface area contributed by atoms with Gasteiger partial charge < -0.3 is 24.4 Å². The first-order chi connectivity index (χ1) is 17.9. The first-order valence-corrected chi connectivity index (χ1v) is 13.4. The van der Waals surface area contributed by atoms with E-state index in [1.165, 1.54) is 0 Å². The van der Waals surface area contributed by atoms with Crippen LogP contribution in [0.25, 0.3) is 5.76 Å². The van der Waals surface area contributed by atoms with Crippen molar-refractivity contribution < 1.29 is 24.2 Å². The number of carbonyl (C=O) groups excluding carboxylic acids is 2. The number of hydrogen-bond donors (Lipinski definition) is 1. The Hall–Kier alpha value is -3.32. The molecule has 1 aliphatic rings. The van der Waals surface area contributed by atoms with Gasteiger partial charge in [0.15, 0.2) is 0 Å². The summed E-state index contributed by atoms with van der Waals surface area (Å²) in [6.45, 7) is 12.6. The summed E-state index contributed by atoms with van der Waals surface area (Å²) in [5.41, 5.74) is 1.34. The third kappa shape index (κ3) is 6.92. The average Bonchev–Trinajstić information content (AvgIpc) is 3.18. The fourth-order valence-electron chi connectivity index (χ4n) is 4.51. The van der Waals surface area contributed by atoms with Crippen molar-refractivity contribution in [3.05, 3.63) is 65.2 Å². The predicted molar refractivity (Wildman–Crippen MR) is 146 cm³/mol. The van der Waals surface area contributed by atoms with Crippen molar-refractivity contribution in [2.45, 2.75) is 53.0 Å². The number of rotatable bonds is 14. The topological polar surface area (TPSA) is 79.3 Å². The number of Topliss-reactive ketones (excluding diaryl/α,β-unsaturated/α-hetero) is 1. The Morgan fingerprint density at radius 2 is 1.41 bits per heavy atom. The SMILES string of the molecule is CCCOc1ccc(/C(O)=C2/C(=O)C(=O)N(CCCN(CC)CC)C2c2ccc(OCCC)cc2)cc1. The molecule has 0 aromatic heterocycles. The molecule has 1 fully saturated rings. The highest BCUT2D eigenvalue weighted by atomic mass is 16.5. The van der Waals surface area contributed by atoms with Gasteiger partial charge in [-0.2, -0.15) is 0 Å². The molecule has 2 aromatic rings. The number of ketones is 1. The van der Waals surface area contributed by atoms with E-state index in [2.05, 4.69) is 18.7 Å². The summed E-state index contributed by atoms with van der Waals surface area (Å²) in [7, 11) is 0. The molecule has 1 N–H and O–H groups in total. The molecule has 200 valence electrons. The van der Waals surface area contributed by atoms with E-state index in [0.29, 0.717) is 31.1 Å². The lowest BCUT2D eigenvalue weighted by molar-refractivity contribution is -0.140. The van der Waals surface area contributed by atoms with Gasteiger partial charge in [-0.05, 0) is 80.9 Å². The highest BCUT2D eigenvalue weighted by Crippen LogP contribution is 2.40. The van der Waals surface area contributed by atoms with Crippen LogP contribution in [0.2, 0.25) is 0 Å². The van der Waals surface area contributed by atoms with Gasteiger partial charge in [0.25, 0.3) is 11.7 Å². The summed E-state index contributed by atoms with van der Waals surface area (Å²) in [4.78, 5) is 30.4. The first-order valence-electron chi connectivity index (χ1n) is 13.4. The highest BCUT2D eigenvalue weighted by Gasteiger charge is 2.45. The van der Waals surface area contributed by atoms with E-state index in [1.54, 1.807) is 29.2 Å². The first kappa shape index (κ1) is 28.3. The van der Waals surface area contributed by atoms with Crippen molar-refractivity contribution in [2.24, 2.45) is 0 Å². The van der Waals surface area contributed by atoms with Gasteiger partial charge in [-0.25, -0.2) is 0 Å². The van der Waals surface area contributed by atoms with Crippen LogP contribution in [-0.2, 0) is 9.59 Å². The number of aliphatic hydroxyl groups is 1. The molecular weight excluding hydrogens is 468 g/mol. The monoisotopic (exact) mass is 508 g/mol. The van der Waals surface area contributed by atoms with E-state index >= 15 is 0 Å². The molecular formula is C30H40N2O5. The number of carbonyl (C=O) groups is 2. The van der Waals surface area contributed by atoms with Crippen LogP contribution in [0.15, 0.2) is 54.1 Å². The zero-order valence-corrected chi connectivity index (χ0v) is 22.5. The number of likely N-dealkylation sites (tertiary alicyclic amines) is 1.